The molecule has 0 unspecified atom stereocenters. The number of nitrogens with zero attached hydrogens (tertiary/aromatic N) is 2. The maximum Gasteiger partial charge on any atom is 0.240 e. The van der Waals surface area contributed by atoms with Gasteiger partial charge in [0, 0.05) is 12.4 Å². The maximum atomic E-state index is 5.62. The van der Waals surface area contributed by atoms with Gasteiger partial charge in [-0.3, -0.25) is 4.98 Å². The summed E-state index contributed by atoms with van der Waals surface area (Å²) in [7, 11) is 0. The number of rotatable bonds is 2. The van der Waals surface area contributed by atoms with E-state index in [0.29, 0.717) is 5.88 Å². The molecule has 0 N–H and O–H groups in total. The minimum absolute atomic E-state index is 0.558. The Hall–Kier alpha value is -1.90. The zero-order chi connectivity index (χ0) is 10.7. The van der Waals surface area contributed by atoms with Crippen molar-refractivity contribution in [2.75, 3.05) is 0 Å². The Labute approximate surface area is 88.8 Å². The molecule has 0 aliphatic rings. The fraction of sp³-hybridized carbons (Fsp3) is 0.167. The monoisotopic (exact) mass is 200 g/mol. The first-order valence-electron chi connectivity index (χ1n) is 4.78. The van der Waals surface area contributed by atoms with Crippen molar-refractivity contribution in [3.8, 4) is 11.6 Å². The number of ether oxygens (including phenoxy) is 1. The summed E-state index contributed by atoms with van der Waals surface area (Å²) in [6.07, 6.45) is 3.27. The highest BCUT2D eigenvalue weighted by Crippen LogP contribution is 2.21. The third-order valence-electron chi connectivity index (χ3n) is 2.04. The predicted molar refractivity (Wildman–Crippen MR) is 58.0 cm³/mol. The lowest BCUT2D eigenvalue weighted by Crippen LogP contribution is -1.92. The van der Waals surface area contributed by atoms with E-state index in [0.717, 1.165) is 17.0 Å². The molecule has 0 radical (unpaired) electrons. The van der Waals surface area contributed by atoms with Crippen LogP contribution in [0.15, 0.2) is 36.7 Å². The molecule has 2 rings (SSSR count). The summed E-state index contributed by atoms with van der Waals surface area (Å²) in [6.45, 7) is 3.90. The lowest BCUT2D eigenvalue weighted by Gasteiger charge is -2.06. The molecule has 0 aliphatic heterocycles. The molecule has 0 saturated heterocycles. The van der Waals surface area contributed by atoms with Gasteiger partial charge in [-0.05, 0) is 31.5 Å². The quantitative estimate of drug-likeness (QED) is 0.747. The Morgan fingerprint density at radius 1 is 1.07 bits per heavy atom. The van der Waals surface area contributed by atoms with Crippen molar-refractivity contribution >= 4 is 0 Å². The zero-order valence-electron chi connectivity index (χ0n) is 8.77. The lowest BCUT2D eigenvalue weighted by molar-refractivity contribution is 0.455. The van der Waals surface area contributed by atoms with Gasteiger partial charge in [0.15, 0.2) is 0 Å². The Balaban J connectivity index is 2.26. The highest BCUT2D eigenvalue weighted by molar-refractivity contribution is 5.31. The summed E-state index contributed by atoms with van der Waals surface area (Å²) in [5.41, 5.74) is 1.95. The van der Waals surface area contributed by atoms with Gasteiger partial charge >= 0.3 is 0 Å². The van der Waals surface area contributed by atoms with Crippen LogP contribution in [0.3, 0.4) is 0 Å². The van der Waals surface area contributed by atoms with E-state index in [1.165, 1.54) is 0 Å². The van der Waals surface area contributed by atoms with Gasteiger partial charge in [-0.25, -0.2) is 4.98 Å². The average Bonchev–Trinajstić information content (AvgIpc) is 2.22. The van der Waals surface area contributed by atoms with E-state index in [4.69, 9.17) is 4.74 Å². The fourth-order valence-corrected chi connectivity index (χ4v) is 1.29. The van der Waals surface area contributed by atoms with E-state index < -0.39 is 0 Å². The standard InChI is InChI=1S/C12H12N2O/c1-9-4-3-5-11(8-9)15-12-10(2)13-6-7-14-12/h3-8H,1-2H3. The first-order chi connectivity index (χ1) is 7.25. The second-order valence-corrected chi connectivity index (χ2v) is 3.37. The molecular formula is C12H12N2O. The highest BCUT2D eigenvalue weighted by Gasteiger charge is 2.02. The molecule has 3 nitrogen and oxygen atoms in total. The summed E-state index contributed by atoms with van der Waals surface area (Å²) in [5, 5.41) is 0. The molecular weight excluding hydrogens is 188 g/mol. The van der Waals surface area contributed by atoms with Crippen LogP contribution in [-0.2, 0) is 0 Å². The van der Waals surface area contributed by atoms with Crippen LogP contribution < -0.4 is 4.74 Å². The third kappa shape index (κ3) is 2.31. The first kappa shape index (κ1) is 9.65. The molecule has 0 fully saturated rings. The van der Waals surface area contributed by atoms with Crippen LogP contribution in [0.4, 0.5) is 0 Å². The molecule has 15 heavy (non-hydrogen) atoms. The molecule has 1 aromatic heterocycles. The molecule has 0 saturated carbocycles. The molecule has 0 spiro atoms. The molecule has 76 valence electrons. The maximum absolute atomic E-state index is 5.62. The number of hydrogen-bond donors (Lipinski definition) is 0. The van der Waals surface area contributed by atoms with Crippen LogP contribution in [-0.4, -0.2) is 9.97 Å². The average molecular weight is 200 g/mol. The van der Waals surface area contributed by atoms with Crippen molar-refractivity contribution in [1.82, 2.24) is 9.97 Å². The number of aromatic nitrogens is 2. The third-order valence-corrected chi connectivity index (χ3v) is 2.04. The lowest BCUT2D eigenvalue weighted by atomic mass is 10.2. The number of aryl methyl sites for hydroxylation is 2. The van der Waals surface area contributed by atoms with Crippen molar-refractivity contribution in [2.45, 2.75) is 13.8 Å². The van der Waals surface area contributed by atoms with Crippen molar-refractivity contribution in [1.29, 1.82) is 0 Å². The molecule has 3 heteroatoms. The van der Waals surface area contributed by atoms with Crippen LogP contribution in [0.5, 0.6) is 11.6 Å². The van der Waals surface area contributed by atoms with Crippen LogP contribution in [0.1, 0.15) is 11.3 Å². The Bertz CT molecular complexity index is 469. The van der Waals surface area contributed by atoms with Gasteiger partial charge in [0.05, 0.1) is 5.69 Å². The van der Waals surface area contributed by atoms with E-state index in [-0.39, 0.29) is 0 Å². The van der Waals surface area contributed by atoms with Gasteiger partial charge < -0.3 is 4.74 Å². The fourth-order valence-electron chi connectivity index (χ4n) is 1.29. The minimum Gasteiger partial charge on any atom is -0.437 e. The summed E-state index contributed by atoms with van der Waals surface area (Å²) in [4.78, 5) is 8.23. The van der Waals surface area contributed by atoms with E-state index >= 15 is 0 Å². The van der Waals surface area contributed by atoms with E-state index in [1.807, 2.05) is 38.1 Å². The number of hydrogen-bond acceptors (Lipinski definition) is 3. The van der Waals surface area contributed by atoms with Crippen molar-refractivity contribution in [3.63, 3.8) is 0 Å². The highest BCUT2D eigenvalue weighted by atomic mass is 16.5. The molecule has 0 bridgehead atoms. The second kappa shape index (κ2) is 4.09. The first-order valence-corrected chi connectivity index (χ1v) is 4.78. The smallest absolute Gasteiger partial charge is 0.240 e. The molecule has 0 amide bonds. The van der Waals surface area contributed by atoms with Crippen molar-refractivity contribution in [2.24, 2.45) is 0 Å². The Morgan fingerprint density at radius 3 is 2.60 bits per heavy atom. The van der Waals surface area contributed by atoms with Gasteiger partial charge in [-0.15, -0.1) is 0 Å². The number of benzene rings is 1. The largest absolute Gasteiger partial charge is 0.437 e. The Morgan fingerprint density at radius 2 is 1.87 bits per heavy atom. The van der Waals surface area contributed by atoms with Gasteiger partial charge in [0.25, 0.3) is 0 Å². The van der Waals surface area contributed by atoms with Gasteiger partial charge in [-0.2, -0.15) is 0 Å². The second-order valence-electron chi connectivity index (χ2n) is 3.37. The van der Waals surface area contributed by atoms with E-state index in [9.17, 15) is 0 Å². The van der Waals surface area contributed by atoms with Crippen LogP contribution in [0.25, 0.3) is 0 Å². The van der Waals surface area contributed by atoms with Crippen LogP contribution >= 0.6 is 0 Å². The zero-order valence-corrected chi connectivity index (χ0v) is 8.77. The summed E-state index contributed by atoms with van der Waals surface area (Å²) >= 11 is 0. The molecule has 0 aliphatic carbocycles. The summed E-state index contributed by atoms with van der Waals surface area (Å²) < 4.78 is 5.62. The normalized spacial score (nSPS) is 10.0. The molecule has 0 atom stereocenters. The minimum atomic E-state index is 0.558. The molecule has 2 aromatic rings. The topological polar surface area (TPSA) is 35.0 Å². The molecule has 1 heterocycles. The summed E-state index contributed by atoms with van der Waals surface area (Å²) in [5.74, 6) is 1.35. The van der Waals surface area contributed by atoms with Crippen LogP contribution in [0, 0.1) is 13.8 Å². The molecule has 1 aromatic carbocycles. The SMILES string of the molecule is Cc1cccc(Oc2nccnc2C)c1. The van der Waals surface area contributed by atoms with Gasteiger partial charge in [-0.1, -0.05) is 12.1 Å². The van der Waals surface area contributed by atoms with Crippen molar-refractivity contribution < 1.29 is 4.74 Å². The van der Waals surface area contributed by atoms with E-state index in [1.54, 1.807) is 12.4 Å². The van der Waals surface area contributed by atoms with E-state index in [2.05, 4.69) is 9.97 Å². The van der Waals surface area contributed by atoms with Crippen molar-refractivity contribution in [3.05, 3.63) is 47.9 Å². The summed E-state index contributed by atoms with van der Waals surface area (Å²) in [6, 6.07) is 7.85. The van der Waals surface area contributed by atoms with Gasteiger partial charge in [0.2, 0.25) is 5.88 Å². The predicted octanol–water partition coefficient (Wildman–Crippen LogP) is 2.89. The van der Waals surface area contributed by atoms with Gasteiger partial charge in [0.1, 0.15) is 5.75 Å². The Kier molecular flexibility index (Phi) is 2.63. The van der Waals surface area contributed by atoms with Crippen LogP contribution in [0.2, 0.25) is 0 Å².